The number of benzene rings is 2. The number of phenolic OH excluding ortho intramolecular Hbond substituents is 1. The quantitative estimate of drug-likeness (QED) is 0.346. The molecule has 0 spiro atoms. The summed E-state index contributed by atoms with van der Waals surface area (Å²) in [7, 11) is 4.30. The summed E-state index contributed by atoms with van der Waals surface area (Å²) in [5.74, 6) is -0.369. The zero-order valence-electron chi connectivity index (χ0n) is 21.2. The van der Waals surface area contributed by atoms with Gasteiger partial charge in [-0.05, 0) is 82.8 Å². The first-order chi connectivity index (χ1) is 18.1. The van der Waals surface area contributed by atoms with Crippen molar-refractivity contribution in [3.63, 3.8) is 0 Å². The van der Waals surface area contributed by atoms with Crippen molar-refractivity contribution in [2.45, 2.75) is 26.2 Å². The minimum atomic E-state index is -4.90. The SMILES string of the molecule is COc1ccc2c(c1)C(CC(=O)N(Cc1ccco1)C(F)(F)F)=C(C)/C2=C/c1cc(OC)c(O)c(OC)c1. The van der Waals surface area contributed by atoms with Gasteiger partial charge in [-0.2, -0.15) is 0 Å². The Labute approximate surface area is 217 Å². The van der Waals surface area contributed by atoms with E-state index in [1.54, 1.807) is 43.3 Å². The number of hydrogen-bond acceptors (Lipinski definition) is 6. The van der Waals surface area contributed by atoms with E-state index in [1.807, 2.05) is 0 Å². The third-order valence-corrected chi connectivity index (χ3v) is 6.34. The van der Waals surface area contributed by atoms with E-state index in [-0.39, 0.29) is 27.9 Å². The maximum absolute atomic E-state index is 13.9. The molecule has 7 nitrogen and oxygen atoms in total. The Hall–Kier alpha value is -4.34. The van der Waals surface area contributed by atoms with E-state index in [0.29, 0.717) is 33.6 Å². The Bertz CT molecular complexity index is 1380. The fraction of sp³-hybridized carbons (Fsp3) is 0.250. The number of allylic oxidation sites excluding steroid dienone is 2. The summed E-state index contributed by atoms with van der Waals surface area (Å²) >= 11 is 0. The molecule has 38 heavy (non-hydrogen) atoms. The van der Waals surface area contributed by atoms with Gasteiger partial charge in [-0.25, -0.2) is 4.90 Å². The van der Waals surface area contributed by atoms with Crippen LogP contribution in [-0.4, -0.2) is 43.5 Å². The van der Waals surface area contributed by atoms with Crippen LogP contribution >= 0.6 is 0 Å². The molecule has 1 amide bonds. The number of halogens is 3. The highest BCUT2D eigenvalue weighted by Gasteiger charge is 2.42. The molecule has 1 aliphatic rings. The summed E-state index contributed by atoms with van der Waals surface area (Å²) < 4.78 is 62.4. The zero-order chi connectivity index (χ0) is 27.6. The molecule has 0 aliphatic heterocycles. The van der Waals surface area contributed by atoms with Gasteiger partial charge in [-0.3, -0.25) is 4.79 Å². The molecule has 4 rings (SSSR count). The van der Waals surface area contributed by atoms with Crippen LogP contribution in [0.4, 0.5) is 13.2 Å². The van der Waals surface area contributed by atoms with Crippen molar-refractivity contribution in [2.24, 2.45) is 0 Å². The second-order valence-electron chi connectivity index (χ2n) is 8.55. The molecule has 0 radical (unpaired) electrons. The molecule has 0 saturated carbocycles. The number of hydrogen-bond donors (Lipinski definition) is 1. The lowest BCUT2D eigenvalue weighted by molar-refractivity contribution is -0.244. The number of fused-ring (bicyclic) bond motifs is 1. The van der Waals surface area contributed by atoms with Crippen molar-refractivity contribution in [1.29, 1.82) is 0 Å². The molecule has 1 aliphatic carbocycles. The second-order valence-corrected chi connectivity index (χ2v) is 8.55. The largest absolute Gasteiger partial charge is 0.502 e. The lowest BCUT2D eigenvalue weighted by Crippen LogP contribution is -2.42. The van der Waals surface area contributed by atoms with Crippen LogP contribution in [0, 0.1) is 0 Å². The average Bonchev–Trinajstić information content (AvgIpc) is 3.49. The first-order valence-electron chi connectivity index (χ1n) is 11.5. The lowest BCUT2D eigenvalue weighted by Gasteiger charge is -2.24. The van der Waals surface area contributed by atoms with Gasteiger partial charge in [0, 0.05) is 0 Å². The molecule has 1 heterocycles. The minimum absolute atomic E-state index is 0.0191. The number of rotatable bonds is 8. The van der Waals surface area contributed by atoms with Crippen molar-refractivity contribution in [1.82, 2.24) is 4.90 Å². The molecule has 0 atom stereocenters. The van der Waals surface area contributed by atoms with Crippen molar-refractivity contribution in [3.8, 4) is 23.0 Å². The highest BCUT2D eigenvalue weighted by molar-refractivity contribution is 6.08. The van der Waals surface area contributed by atoms with Crippen LogP contribution in [0.1, 0.15) is 35.8 Å². The first-order valence-corrected chi connectivity index (χ1v) is 11.5. The summed E-state index contributed by atoms with van der Waals surface area (Å²) in [6, 6.07) is 11.3. The maximum Gasteiger partial charge on any atom is 0.487 e. The normalized spacial score (nSPS) is 14.0. The zero-order valence-corrected chi connectivity index (χ0v) is 21.2. The molecule has 10 heteroatoms. The Morgan fingerprint density at radius 2 is 1.71 bits per heavy atom. The molecule has 3 aromatic rings. The second kappa shape index (κ2) is 10.6. The molecule has 1 N–H and O–H groups in total. The van der Waals surface area contributed by atoms with Gasteiger partial charge in [0.05, 0.1) is 40.6 Å². The van der Waals surface area contributed by atoms with E-state index < -0.39 is 25.2 Å². The Kier molecular flexibility index (Phi) is 7.43. The summed E-state index contributed by atoms with van der Waals surface area (Å²) in [6.07, 6.45) is -2.34. The number of carbonyl (C=O) groups excluding carboxylic acids is 1. The number of aromatic hydroxyl groups is 1. The Morgan fingerprint density at radius 3 is 2.26 bits per heavy atom. The molecule has 0 bridgehead atoms. The highest BCUT2D eigenvalue weighted by atomic mass is 19.4. The number of phenols is 1. The van der Waals surface area contributed by atoms with Crippen LogP contribution in [0.15, 0.2) is 58.7 Å². The molecular formula is C28H26F3NO6. The van der Waals surface area contributed by atoms with Crippen LogP contribution in [0.3, 0.4) is 0 Å². The average molecular weight is 530 g/mol. The number of furan rings is 1. The number of alkyl halides is 3. The number of carbonyl (C=O) groups is 1. The van der Waals surface area contributed by atoms with E-state index in [1.165, 1.54) is 39.7 Å². The van der Waals surface area contributed by atoms with Crippen molar-refractivity contribution < 1.29 is 41.7 Å². The third kappa shape index (κ3) is 5.20. The van der Waals surface area contributed by atoms with E-state index in [0.717, 1.165) is 5.56 Å². The van der Waals surface area contributed by atoms with E-state index in [2.05, 4.69) is 0 Å². The first kappa shape index (κ1) is 26.7. The van der Waals surface area contributed by atoms with Crippen LogP contribution in [0.5, 0.6) is 23.0 Å². The standard InChI is InChI=1S/C28H26F3NO6/c1-16-21(10-17-11-24(36-3)27(34)25(12-17)37-4)20-8-7-18(35-2)13-23(20)22(16)14-26(33)32(28(29,30)31)15-19-6-5-9-38-19/h5-13,34H,14-15H2,1-4H3/b21-10-. The van der Waals surface area contributed by atoms with Crippen LogP contribution in [0.25, 0.3) is 17.2 Å². The molecular weight excluding hydrogens is 503 g/mol. The van der Waals surface area contributed by atoms with Crippen LogP contribution < -0.4 is 14.2 Å². The molecule has 0 unspecified atom stereocenters. The van der Waals surface area contributed by atoms with Crippen LogP contribution in [-0.2, 0) is 11.3 Å². The molecule has 200 valence electrons. The Balaban J connectivity index is 1.79. The van der Waals surface area contributed by atoms with Gasteiger partial charge in [-0.1, -0.05) is 6.07 Å². The van der Waals surface area contributed by atoms with Gasteiger partial charge < -0.3 is 23.7 Å². The number of methoxy groups -OCH3 is 3. The fourth-order valence-corrected chi connectivity index (χ4v) is 4.40. The van der Waals surface area contributed by atoms with Gasteiger partial charge in [-0.15, -0.1) is 13.2 Å². The van der Waals surface area contributed by atoms with Crippen molar-refractivity contribution in [2.75, 3.05) is 21.3 Å². The summed E-state index contributed by atoms with van der Waals surface area (Å²) in [6.45, 7) is 1.02. The number of ether oxygens (including phenoxy) is 3. The predicted octanol–water partition coefficient (Wildman–Crippen LogP) is 6.28. The molecule has 1 aromatic heterocycles. The molecule has 2 aromatic carbocycles. The van der Waals surface area contributed by atoms with Crippen LogP contribution in [0.2, 0.25) is 0 Å². The van der Waals surface area contributed by atoms with Gasteiger partial charge in [0.1, 0.15) is 11.5 Å². The van der Waals surface area contributed by atoms with Gasteiger partial charge in [0.2, 0.25) is 11.7 Å². The topological polar surface area (TPSA) is 81.4 Å². The summed E-state index contributed by atoms with van der Waals surface area (Å²) in [5, 5.41) is 10.3. The number of nitrogens with zero attached hydrogens (tertiary/aromatic N) is 1. The van der Waals surface area contributed by atoms with Gasteiger partial charge in [0.25, 0.3) is 0 Å². The lowest BCUT2D eigenvalue weighted by atomic mass is 10.00. The fourth-order valence-electron chi connectivity index (χ4n) is 4.40. The highest BCUT2D eigenvalue weighted by Crippen LogP contribution is 2.46. The predicted molar refractivity (Wildman–Crippen MR) is 135 cm³/mol. The van der Waals surface area contributed by atoms with E-state index >= 15 is 0 Å². The van der Waals surface area contributed by atoms with Gasteiger partial charge >= 0.3 is 6.30 Å². The molecule has 0 fully saturated rings. The van der Waals surface area contributed by atoms with Gasteiger partial charge in [0.15, 0.2) is 11.5 Å². The van der Waals surface area contributed by atoms with E-state index in [4.69, 9.17) is 18.6 Å². The van der Waals surface area contributed by atoms with Crippen molar-refractivity contribution in [3.05, 3.63) is 76.8 Å². The Morgan fingerprint density at radius 1 is 1.03 bits per heavy atom. The molecule has 0 saturated heterocycles. The van der Waals surface area contributed by atoms with Crippen molar-refractivity contribution >= 4 is 23.1 Å². The smallest absolute Gasteiger partial charge is 0.487 e. The maximum atomic E-state index is 13.9. The number of amides is 1. The minimum Gasteiger partial charge on any atom is -0.502 e. The summed E-state index contributed by atoms with van der Waals surface area (Å²) in [5.41, 5.74) is 3.72. The third-order valence-electron chi connectivity index (χ3n) is 6.34. The van der Waals surface area contributed by atoms with E-state index in [9.17, 15) is 23.1 Å². The monoisotopic (exact) mass is 529 g/mol. The summed E-state index contributed by atoms with van der Waals surface area (Å²) in [4.78, 5) is 12.9.